The third kappa shape index (κ3) is 14.7. The molecule has 1 aromatic carbocycles. The van der Waals surface area contributed by atoms with Gasteiger partial charge in [-0.3, -0.25) is 9.05 Å². The van der Waals surface area contributed by atoms with E-state index in [2.05, 4.69) is 17.0 Å². The van der Waals surface area contributed by atoms with E-state index in [4.69, 9.17) is 29.0 Å². The number of anilines is 1. The second-order valence-corrected chi connectivity index (χ2v) is 16.3. The van der Waals surface area contributed by atoms with Crippen molar-refractivity contribution >= 4 is 19.2 Å². The lowest BCUT2D eigenvalue weighted by molar-refractivity contribution is -0.0901. The van der Waals surface area contributed by atoms with Crippen molar-refractivity contribution in [3.05, 3.63) is 59.8 Å². The molecule has 1 saturated heterocycles. The predicted octanol–water partition coefficient (Wildman–Crippen LogP) is 7.78. The second-order valence-electron chi connectivity index (χ2n) is 14.9. The van der Waals surface area contributed by atoms with Gasteiger partial charge in [-0.25, -0.2) is 18.5 Å². The van der Waals surface area contributed by atoms with Crippen LogP contribution in [-0.2, 0) is 40.0 Å². The zero-order chi connectivity index (χ0) is 39.5. The van der Waals surface area contributed by atoms with Crippen molar-refractivity contribution < 1.29 is 47.3 Å². The molecule has 0 bridgehead atoms. The maximum Gasteiger partial charge on any atom is 0.472 e. The molecular weight excluding hydrogens is 730 g/mol. The Labute approximate surface area is 325 Å². The first kappa shape index (κ1) is 45.2. The van der Waals surface area contributed by atoms with E-state index < -0.39 is 44.4 Å². The van der Waals surface area contributed by atoms with E-state index in [1.807, 2.05) is 0 Å². The lowest BCUT2D eigenvalue weighted by atomic mass is 9.93. The number of nitrogens with two attached hydrogens (primary N) is 1. The molecule has 15 heteroatoms. The number of unbranched alkanes of at least 4 members (excludes halogenated alkanes) is 15. The van der Waals surface area contributed by atoms with E-state index >= 15 is 0 Å². The summed E-state index contributed by atoms with van der Waals surface area (Å²) in [6, 6.07) is 9.16. The van der Waals surface area contributed by atoms with Crippen molar-refractivity contribution in [1.29, 1.82) is 0 Å². The van der Waals surface area contributed by atoms with Crippen LogP contribution in [0.3, 0.4) is 0 Å². The summed E-state index contributed by atoms with van der Waals surface area (Å²) in [7, 11) is -4.67. The Morgan fingerprint density at radius 1 is 0.891 bits per heavy atom. The molecule has 2 aromatic heterocycles. The van der Waals surface area contributed by atoms with E-state index in [0.29, 0.717) is 23.4 Å². The van der Waals surface area contributed by atoms with Gasteiger partial charge < -0.3 is 35.1 Å². The molecule has 3 aromatic rings. The second kappa shape index (κ2) is 23.6. The van der Waals surface area contributed by atoms with Gasteiger partial charge >= 0.3 is 7.82 Å². The summed E-state index contributed by atoms with van der Waals surface area (Å²) in [4.78, 5) is 14.5. The summed E-state index contributed by atoms with van der Waals surface area (Å²) < 4.78 is 56.2. The van der Waals surface area contributed by atoms with Gasteiger partial charge in [-0.05, 0) is 43.2 Å². The maximum atomic E-state index is 13.4. The minimum Gasteiger partial charge on any atom is -0.387 e. The van der Waals surface area contributed by atoms with Crippen LogP contribution in [-0.4, -0.2) is 80.5 Å². The van der Waals surface area contributed by atoms with Gasteiger partial charge in [0.05, 0.1) is 32.1 Å². The van der Waals surface area contributed by atoms with Gasteiger partial charge in [0.25, 0.3) is 0 Å². The number of phosphoric acid groups is 1. The van der Waals surface area contributed by atoms with Crippen LogP contribution in [0.4, 0.5) is 10.2 Å². The predicted molar refractivity (Wildman–Crippen MR) is 209 cm³/mol. The Morgan fingerprint density at radius 2 is 1.49 bits per heavy atom. The normalized spacial score (nSPS) is 21.7. The number of ether oxygens (including phenoxy) is 3. The van der Waals surface area contributed by atoms with Gasteiger partial charge in [0.2, 0.25) is 0 Å². The van der Waals surface area contributed by atoms with Crippen molar-refractivity contribution in [3.63, 3.8) is 0 Å². The van der Waals surface area contributed by atoms with Gasteiger partial charge in [0, 0.05) is 6.61 Å². The van der Waals surface area contributed by atoms with Crippen LogP contribution < -0.4 is 5.73 Å². The Balaban J connectivity index is 1.15. The lowest BCUT2D eigenvalue weighted by Crippen LogP contribution is -2.39. The molecule has 1 aliphatic rings. The molecule has 1 unspecified atom stereocenters. The average molecular weight is 795 g/mol. The highest BCUT2D eigenvalue weighted by atomic mass is 31.2. The van der Waals surface area contributed by atoms with Crippen LogP contribution in [0, 0.1) is 5.82 Å². The molecule has 0 radical (unpaired) electrons. The zero-order valence-corrected chi connectivity index (χ0v) is 33.6. The third-order valence-corrected chi connectivity index (χ3v) is 11.3. The number of hydrogen-bond donors (Lipinski definition) is 4. The molecular formula is C40H64FN4O9P. The summed E-state index contributed by atoms with van der Waals surface area (Å²) in [5, 5.41) is 26.0. The van der Waals surface area contributed by atoms with Crippen molar-refractivity contribution in [3.8, 4) is 0 Å². The van der Waals surface area contributed by atoms with Gasteiger partial charge in [0.15, 0.2) is 5.82 Å². The Kier molecular flexibility index (Phi) is 19.4. The lowest BCUT2D eigenvalue weighted by Gasteiger charge is -2.27. The Hall–Kier alpha value is -2.52. The van der Waals surface area contributed by atoms with E-state index in [9.17, 15) is 24.1 Å². The largest absolute Gasteiger partial charge is 0.472 e. The van der Waals surface area contributed by atoms with Crippen LogP contribution in [0.1, 0.15) is 128 Å². The molecule has 1 aliphatic heterocycles. The summed E-state index contributed by atoms with van der Waals surface area (Å²) in [6.07, 6.45) is 17.0. The minimum absolute atomic E-state index is 0.105. The van der Waals surface area contributed by atoms with E-state index in [-0.39, 0.29) is 31.5 Å². The van der Waals surface area contributed by atoms with Crippen LogP contribution in [0.2, 0.25) is 0 Å². The number of nitrogen functional groups attached to an aromatic ring is 1. The zero-order valence-electron chi connectivity index (χ0n) is 32.7. The van der Waals surface area contributed by atoms with Gasteiger partial charge in [-0.2, -0.15) is 5.10 Å². The molecule has 3 heterocycles. The molecule has 55 heavy (non-hydrogen) atoms. The molecule has 5 N–H and O–H groups in total. The topological polar surface area (TPSA) is 180 Å². The Morgan fingerprint density at radius 3 is 2.11 bits per heavy atom. The quantitative estimate of drug-likeness (QED) is 0.0397. The molecule has 13 nitrogen and oxygen atoms in total. The number of phosphoric ester groups is 1. The van der Waals surface area contributed by atoms with Crippen LogP contribution in [0.5, 0.6) is 0 Å². The number of benzene rings is 1. The number of aliphatic hydroxyl groups is 2. The van der Waals surface area contributed by atoms with Crippen LogP contribution in [0.25, 0.3) is 5.52 Å². The molecule has 310 valence electrons. The monoisotopic (exact) mass is 794 g/mol. The van der Waals surface area contributed by atoms with Crippen molar-refractivity contribution in [2.45, 2.75) is 153 Å². The SMILES string of the molecule is CCCCCCCCCCCCCCCCCCOC[C@H](COP(=O)(O)OC[C@H]1O[C@@](C)(c2ccc3c(N)ncnn23)[C@H](O)[C@@H]1O)OCc1ccc(F)cc1. The molecule has 0 saturated carbocycles. The van der Waals surface area contributed by atoms with Crippen LogP contribution >= 0.6 is 7.82 Å². The average Bonchev–Trinajstić information content (AvgIpc) is 3.71. The summed E-state index contributed by atoms with van der Waals surface area (Å²) in [6.45, 7) is 3.66. The Bertz CT molecular complexity index is 1570. The van der Waals surface area contributed by atoms with Crippen molar-refractivity contribution in [1.82, 2.24) is 14.6 Å². The van der Waals surface area contributed by atoms with Crippen molar-refractivity contribution in [2.24, 2.45) is 0 Å². The van der Waals surface area contributed by atoms with Crippen LogP contribution in [0.15, 0.2) is 42.7 Å². The van der Waals surface area contributed by atoms with Gasteiger partial charge in [-0.15, -0.1) is 0 Å². The fraction of sp³-hybridized carbons (Fsp3) is 0.700. The molecule has 0 spiro atoms. The van der Waals surface area contributed by atoms with Gasteiger partial charge in [0.1, 0.15) is 47.7 Å². The number of hydrogen-bond acceptors (Lipinski definition) is 11. The first-order chi connectivity index (χ1) is 26.5. The first-order valence-electron chi connectivity index (χ1n) is 20.2. The fourth-order valence-corrected chi connectivity index (χ4v) is 7.71. The molecule has 6 atom stereocenters. The highest BCUT2D eigenvalue weighted by Crippen LogP contribution is 2.46. The summed E-state index contributed by atoms with van der Waals surface area (Å²) in [5.74, 6) is -0.143. The van der Waals surface area contributed by atoms with Gasteiger partial charge in [-0.1, -0.05) is 115 Å². The smallest absolute Gasteiger partial charge is 0.387 e. The molecule has 0 aliphatic carbocycles. The van der Waals surface area contributed by atoms with E-state index in [1.54, 1.807) is 31.2 Å². The summed E-state index contributed by atoms with van der Waals surface area (Å²) >= 11 is 0. The van der Waals surface area contributed by atoms with E-state index in [1.165, 1.54) is 106 Å². The third-order valence-electron chi connectivity index (χ3n) is 10.3. The minimum atomic E-state index is -4.67. The number of nitrogens with zero attached hydrogens (tertiary/aromatic N) is 3. The number of fused-ring (bicyclic) bond motifs is 1. The highest BCUT2D eigenvalue weighted by Gasteiger charge is 2.54. The molecule has 1 fully saturated rings. The first-order valence-corrected chi connectivity index (χ1v) is 21.7. The molecule has 0 amide bonds. The number of aliphatic hydroxyl groups excluding tert-OH is 2. The number of aromatic nitrogens is 3. The number of rotatable bonds is 29. The molecule has 4 rings (SSSR count). The number of halogens is 1. The van der Waals surface area contributed by atoms with Crippen molar-refractivity contribution in [2.75, 3.05) is 32.2 Å². The summed E-state index contributed by atoms with van der Waals surface area (Å²) in [5.41, 5.74) is 6.09. The fourth-order valence-electron chi connectivity index (χ4n) is 6.94. The standard InChI is InChI=1S/C40H64FN4O9P/c1-3-4-5-6-7-8-9-10-11-12-13-14-15-16-17-18-25-50-27-33(51-26-31-19-21-32(41)22-20-31)28-52-55(48,49)53-29-35-37(46)38(47)40(2,54-35)36-24-23-34-39(42)43-30-44-45(34)36/h19-24,30,33,35,37-38,46-47H,3-18,25-29H2,1-2H3,(H,48,49)(H2,42,43,44)/t33-,35-,37-,38-,40+/m1/s1. The maximum absolute atomic E-state index is 13.4. The highest BCUT2D eigenvalue weighted by molar-refractivity contribution is 7.47. The van der Waals surface area contributed by atoms with E-state index in [0.717, 1.165) is 19.3 Å².